The molecule has 1 heterocycles. The van der Waals surface area contributed by atoms with Crippen LogP contribution in [0.4, 0.5) is 5.69 Å². The van der Waals surface area contributed by atoms with Gasteiger partial charge in [0.05, 0.1) is 18.4 Å². The lowest BCUT2D eigenvalue weighted by Crippen LogP contribution is -2.09. The second kappa shape index (κ2) is 5.75. The maximum Gasteiger partial charge on any atom is 0.249 e. The van der Waals surface area contributed by atoms with Crippen LogP contribution in [0.2, 0.25) is 0 Å². The zero-order valence-corrected chi connectivity index (χ0v) is 11.7. The SMILES string of the molecule is COc1cc(C)ccc1NCc1cc(C(N)=O)cs1. The Morgan fingerprint density at radius 1 is 1.42 bits per heavy atom. The van der Waals surface area contributed by atoms with E-state index in [0.29, 0.717) is 12.1 Å². The fourth-order valence-corrected chi connectivity index (χ4v) is 2.54. The lowest BCUT2D eigenvalue weighted by Gasteiger charge is -2.11. The normalized spacial score (nSPS) is 10.2. The second-order valence-corrected chi connectivity index (χ2v) is 5.22. The van der Waals surface area contributed by atoms with Gasteiger partial charge in [0, 0.05) is 16.8 Å². The van der Waals surface area contributed by atoms with E-state index in [-0.39, 0.29) is 0 Å². The van der Waals surface area contributed by atoms with Gasteiger partial charge in [0.1, 0.15) is 5.75 Å². The van der Waals surface area contributed by atoms with Crippen LogP contribution in [0.3, 0.4) is 0 Å². The number of methoxy groups -OCH3 is 1. The van der Waals surface area contributed by atoms with Gasteiger partial charge in [-0.25, -0.2) is 0 Å². The van der Waals surface area contributed by atoms with Gasteiger partial charge in [-0.15, -0.1) is 11.3 Å². The summed E-state index contributed by atoms with van der Waals surface area (Å²) in [4.78, 5) is 12.1. The van der Waals surface area contributed by atoms with Crippen molar-refractivity contribution >= 4 is 22.9 Å². The van der Waals surface area contributed by atoms with E-state index in [1.54, 1.807) is 18.6 Å². The summed E-state index contributed by atoms with van der Waals surface area (Å²) in [5.74, 6) is 0.419. The molecular weight excluding hydrogens is 260 g/mol. The van der Waals surface area contributed by atoms with Crippen LogP contribution in [-0.4, -0.2) is 13.0 Å². The Balaban J connectivity index is 2.07. The molecule has 0 saturated carbocycles. The lowest BCUT2D eigenvalue weighted by atomic mass is 10.2. The van der Waals surface area contributed by atoms with Crippen molar-refractivity contribution in [2.45, 2.75) is 13.5 Å². The molecule has 5 heteroatoms. The minimum atomic E-state index is -0.393. The number of nitrogens with one attached hydrogen (secondary N) is 1. The fourth-order valence-electron chi connectivity index (χ4n) is 1.73. The molecule has 19 heavy (non-hydrogen) atoms. The molecular formula is C14H16N2O2S. The smallest absolute Gasteiger partial charge is 0.249 e. The fraction of sp³-hybridized carbons (Fsp3) is 0.214. The molecule has 1 aromatic carbocycles. The first kappa shape index (κ1) is 13.4. The van der Waals surface area contributed by atoms with Gasteiger partial charge in [-0.2, -0.15) is 0 Å². The number of rotatable bonds is 5. The topological polar surface area (TPSA) is 64.3 Å². The van der Waals surface area contributed by atoms with Crippen LogP contribution < -0.4 is 15.8 Å². The first-order valence-electron chi connectivity index (χ1n) is 5.86. The van der Waals surface area contributed by atoms with E-state index < -0.39 is 5.91 Å². The van der Waals surface area contributed by atoms with E-state index in [4.69, 9.17) is 10.5 Å². The number of carbonyl (C=O) groups excluding carboxylic acids is 1. The number of aryl methyl sites for hydroxylation is 1. The second-order valence-electron chi connectivity index (χ2n) is 4.22. The minimum Gasteiger partial charge on any atom is -0.495 e. The van der Waals surface area contributed by atoms with Crippen LogP contribution in [0, 0.1) is 6.92 Å². The molecule has 1 amide bonds. The van der Waals surface area contributed by atoms with Crippen molar-refractivity contribution in [3.05, 3.63) is 45.6 Å². The van der Waals surface area contributed by atoms with Gasteiger partial charge in [-0.1, -0.05) is 6.07 Å². The number of carbonyl (C=O) groups is 1. The number of hydrogen-bond donors (Lipinski definition) is 2. The first-order valence-corrected chi connectivity index (χ1v) is 6.74. The highest BCUT2D eigenvalue weighted by atomic mass is 32.1. The average molecular weight is 276 g/mol. The standard InChI is InChI=1S/C14H16N2O2S/c1-9-3-4-12(13(5-9)18-2)16-7-11-6-10(8-19-11)14(15)17/h3-6,8,16H,7H2,1-2H3,(H2,15,17). The third kappa shape index (κ3) is 3.26. The molecule has 0 aliphatic heterocycles. The quantitative estimate of drug-likeness (QED) is 0.882. The van der Waals surface area contributed by atoms with Crippen LogP contribution in [0.1, 0.15) is 20.8 Å². The van der Waals surface area contributed by atoms with Crippen molar-refractivity contribution in [2.24, 2.45) is 5.73 Å². The highest BCUT2D eigenvalue weighted by Crippen LogP contribution is 2.26. The van der Waals surface area contributed by atoms with E-state index in [1.807, 2.05) is 25.1 Å². The summed E-state index contributed by atoms with van der Waals surface area (Å²) in [5.41, 5.74) is 7.86. The highest BCUT2D eigenvalue weighted by Gasteiger charge is 2.06. The third-order valence-electron chi connectivity index (χ3n) is 2.75. The van der Waals surface area contributed by atoms with Gasteiger partial charge in [-0.05, 0) is 30.7 Å². The van der Waals surface area contributed by atoms with Gasteiger partial charge in [0.2, 0.25) is 5.91 Å². The van der Waals surface area contributed by atoms with Crippen LogP contribution in [0.25, 0.3) is 0 Å². The monoisotopic (exact) mass is 276 g/mol. The minimum absolute atomic E-state index is 0.393. The molecule has 0 aliphatic carbocycles. The first-order chi connectivity index (χ1) is 9.10. The Morgan fingerprint density at radius 3 is 2.84 bits per heavy atom. The van der Waals surface area contributed by atoms with E-state index in [9.17, 15) is 4.79 Å². The summed E-state index contributed by atoms with van der Waals surface area (Å²) >= 11 is 1.51. The van der Waals surface area contributed by atoms with Gasteiger partial charge >= 0.3 is 0 Å². The molecule has 0 spiro atoms. The van der Waals surface area contributed by atoms with E-state index >= 15 is 0 Å². The molecule has 0 radical (unpaired) electrons. The summed E-state index contributed by atoms with van der Waals surface area (Å²) in [6.07, 6.45) is 0. The van der Waals surface area contributed by atoms with E-state index in [2.05, 4.69) is 5.32 Å². The summed E-state index contributed by atoms with van der Waals surface area (Å²) in [7, 11) is 1.65. The largest absolute Gasteiger partial charge is 0.495 e. The maximum atomic E-state index is 11.0. The van der Waals surface area contributed by atoms with Gasteiger partial charge in [-0.3, -0.25) is 4.79 Å². The zero-order chi connectivity index (χ0) is 13.8. The average Bonchev–Trinajstić information content (AvgIpc) is 2.86. The third-order valence-corrected chi connectivity index (χ3v) is 3.69. The summed E-state index contributed by atoms with van der Waals surface area (Å²) in [6.45, 7) is 2.65. The number of thiophene rings is 1. The molecule has 0 unspecified atom stereocenters. The van der Waals surface area contributed by atoms with Gasteiger partial charge in [0.25, 0.3) is 0 Å². The molecule has 2 aromatic rings. The molecule has 4 nitrogen and oxygen atoms in total. The molecule has 100 valence electrons. The van der Waals surface area contributed by atoms with Crippen LogP contribution in [-0.2, 0) is 6.54 Å². The number of amides is 1. The number of benzene rings is 1. The van der Waals surface area contributed by atoms with Gasteiger partial charge < -0.3 is 15.8 Å². The number of primary amides is 1. The molecule has 2 rings (SSSR count). The summed E-state index contributed by atoms with van der Waals surface area (Å²) in [6, 6.07) is 7.79. The number of nitrogens with two attached hydrogens (primary N) is 1. The van der Waals surface area contributed by atoms with Crippen molar-refractivity contribution in [1.82, 2.24) is 0 Å². The van der Waals surface area contributed by atoms with Gasteiger partial charge in [0.15, 0.2) is 0 Å². The van der Waals surface area contributed by atoms with Crippen LogP contribution in [0.15, 0.2) is 29.6 Å². The van der Waals surface area contributed by atoms with Crippen LogP contribution >= 0.6 is 11.3 Å². The maximum absolute atomic E-state index is 11.0. The summed E-state index contributed by atoms with van der Waals surface area (Å²) < 4.78 is 5.32. The van der Waals surface area contributed by atoms with Crippen molar-refractivity contribution < 1.29 is 9.53 Å². The zero-order valence-electron chi connectivity index (χ0n) is 10.9. The molecule has 0 bridgehead atoms. The molecule has 0 aliphatic rings. The van der Waals surface area contributed by atoms with Crippen LogP contribution in [0.5, 0.6) is 5.75 Å². The van der Waals surface area contributed by atoms with Crippen molar-refractivity contribution in [1.29, 1.82) is 0 Å². The Hall–Kier alpha value is -2.01. The molecule has 1 aromatic heterocycles. The van der Waals surface area contributed by atoms with E-state index in [1.165, 1.54) is 11.3 Å². The molecule has 0 atom stereocenters. The predicted molar refractivity (Wildman–Crippen MR) is 77.9 cm³/mol. The Morgan fingerprint density at radius 2 is 2.21 bits per heavy atom. The molecule has 0 fully saturated rings. The van der Waals surface area contributed by atoms with Crippen molar-refractivity contribution in [3.8, 4) is 5.75 Å². The van der Waals surface area contributed by atoms with Crippen molar-refractivity contribution in [3.63, 3.8) is 0 Å². The molecule has 0 saturated heterocycles. The van der Waals surface area contributed by atoms with E-state index in [0.717, 1.165) is 21.9 Å². The molecule has 3 N–H and O–H groups in total. The van der Waals surface area contributed by atoms with Crippen molar-refractivity contribution in [2.75, 3.05) is 12.4 Å². The highest BCUT2D eigenvalue weighted by molar-refractivity contribution is 7.10. The predicted octanol–water partition coefficient (Wildman–Crippen LogP) is 2.78. The number of anilines is 1. The Bertz CT molecular complexity index is 593. The lowest BCUT2D eigenvalue weighted by molar-refractivity contribution is 0.100. The Kier molecular flexibility index (Phi) is 4.06. The Labute approximate surface area is 116 Å². The summed E-state index contributed by atoms with van der Waals surface area (Å²) in [5, 5.41) is 5.06. The number of ether oxygens (including phenoxy) is 1. The number of hydrogen-bond acceptors (Lipinski definition) is 4.